The number of nitrogens with zero attached hydrogens (tertiary/aromatic N) is 3. The van der Waals surface area contributed by atoms with Crippen molar-refractivity contribution in [1.82, 2.24) is 14.8 Å². The largest absolute Gasteiger partial charge is 0.401 e. The third-order valence-electron chi connectivity index (χ3n) is 3.23. The Bertz CT molecular complexity index is 508. The molecule has 21 heavy (non-hydrogen) atoms. The molecule has 1 aromatic rings. The normalized spacial score (nSPS) is 17.1. The van der Waals surface area contributed by atoms with Crippen molar-refractivity contribution < 1.29 is 18.0 Å². The zero-order chi connectivity index (χ0) is 15.6. The molecule has 0 spiro atoms. The summed E-state index contributed by atoms with van der Waals surface area (Å²) in [7, 11) is 0. The van der Waals surface area contributed by atoms with E-state index in [9.17, 15) is 18.0 Å². The number of hydrogen-bond acceptors (Lipinski definition) is 3. The minimum absolute atomic E-state index is 0.211. The van der Waals surface area contributed by atoms with Crippen LogP contribution in [0.2, 0.25) is 5.15 Å². The van der Waals surface area contributed by atoms with Crippen LogP contribution in [0.1, 0.15) is 16.1 Å². The van der Waals surface area contributed by atoms with Crippen LogP contribution in [-0.4, -0.2) is 59.6 Å². The van der Waals surface area contributed by atoms with Gasteiger partial charge in [0.25, 0.3) is 5.91 Å². The molecule has 2 heterocycles. The number of amides is 1. The fourth-order valence-corrected chi connectivity index (χ4v) is 2.55. The minimum Gasteiger partial charge on any atom is -0.336 e. The van der Waals surface area contributed by atoms with Crippen molar-refractivity contribution in [2.24, 2.45) is 0 Å². The lowest BCUT2D eigenvalue weighted by Gasteiger charge is -2.35. The molecular weight excluding hydrogens is 307 g/mol. The number of carbonyl (C=O) groups excluding carboxylic acids is 1. The molecular formula is C13H15ClF3N3O. The van der Waals surface area contributed by atoms with Gasteiger partial charge in [0.2, 0.25) is 0 Å². The van der Waals surface area contributed by atoms with Gasteiger partial charge in [-0.2, -0.15) is 13.2 Å². The molecule has 1 amide bonds. The molecule has 0 bridgehead atoms. The van der Waals surface area contributed by atoms with Gasteiger partial charge in [-0.05, 0) is 19.1 Å². The smallest absolute Gasteiger partial charge is 0.336 e. The van der Waals surface area contributed by atoms with E-state index in [1.165, 1.54) is 15.9 Å². The van der Waals surface area contributed by atoms with E-state index >= 15 is 0 Å². The summed E-state index contributed by atoms with van der Waals surface area (Å²) in [6.07, 6.45) is -4.21. The van der Waals surface area contributed by atoms with Gasteiger partial charge in [-0.15, -0.1) is 0 Å². The Kier molecular flexibility index (Phi) is 4.73. The van der Waals surface area contributed by atoms with Crippen molar-refractivity contribution in [2.45, 2.75) is 13.1 Å². The van der Waals surface area contributed by atoms with Crippen LogP contribution < -0.4 is 0 Å². The van der Waals surface area contributed by atoms with Crippen LogP contribution >= 0.6 is 11.6 Å². The first-order valence-corrected chi connectivity index (χ1v) is 6.85. The van der Waals surface area contributed by atoms with Gasteiger partial charge in [0.05, 0.1) is 6.54 Å². The SMILES string of the molecule is Cc1cc(C(=O)N2CCN(CC(F)(F)F)CC2)cc(Cl)n1. The van der Waals surface area contributed by atoms with E-state index in [1.54, 1.807) is 13.0 Å². The monoisotopic (exact) mass is 321 g/mol. The third-order valence-corrected chi connectivity index (χ3v) is 3.43. The summed E-state index contributed by atoms with van der Waals surface area (Å²) in [5, 5.41) is 0.231. The second-order valence-corrected chi connectivity index (χ2v) is 5.39. The summed E-state index contributed by atoms with van der Waals surface area (Å²) in [5.41, 5.74) is 1.04. The molecule has 4 nitrogen and oxygen atoms in total. The van der Waals surface area contributed by atoms with Gasteiger partial charge in [-0.1, -0.05) is 11.6 Å². The molecule has 0 aromatic carbocycles. The molecule has 0 N–H and O–H groups in total. The average molecular weight is 322 g/mol. The van der Waals surface area contributed by atoms with Gasteiger partial charge >= 0.3 is 6.18 Å². The highest BCUT2D eigenvalue weighted by molar-refractivity contribution is 6.29. The molecule has 1 aliphatic rings. The fourth-order valence-electron chi connectivity index (χ4n) is 2.30. The third kappa shape index (κ3) is 4.57. The van der Waals surface area contributed by atoms with Crippen molar-refractivity contribution in [3.05, 3.63) is 28.5 Å². The Hall–Kier alpha value is -1.34. The number of carbonyl (C=O) groups is 1. The lowest BCUT2D eigenvalue weighted by molar-refractivity contribution is -0.148. The first-order chi connectivity index (χ1) is 9.74. The van der Waals surface area contributed by atoms with Crippen molar-refractivity contribution in [3.8, 4) is 0 Å². The van der Waals surface area contributed by atoms with E-state index in [4.69, 9.17) is 11.6 Å². The quantitative estimate of drug-likeness (QED) is 0.785. The number of hydrogen-bond donors (Lipinski definition) is 0. The van der Waals surface area contributed by atoms with E-state index in [0.717, 1.165) is 0 Å². The van der Waals surface area contributed by atoms with Gasteiger partial charge in [0.15, 0.2) is 0 Å². The molecule has 1 aromatic heterocycles. The van der Waals surface area contributed by atoms with E-state index in [-0.39, 0.29) is 37.2 Å². The lowest BCUT2D eigenvalue weighted by atomic mass is 10.2. The van der Waals surface area contributed by atoms with Gasteiger partial charge in [-0.25, -0.2) is 4.98 Å². The molecule has 1 aliphatic heterocycles. The maximum atomic E-state index is 12.3. The average Bonchev–Trinajstić information content (AvgIpc) is 2.35. The summed E-state index contributed by atoms with van der Waals surface area (Å²) in [6, 6.07) is 3.09. The highest BCUT2D eigenvalue weighted by atomic mass is 35.5. The topological polar surface area (TPSA) is 36.4 Å². The maximum Gasteiger partial charge on any atom is 0.401 e. The molecule has 2 rings (SSSR count). The zero-order valence-corrected chi connectivity index (χ0v) is 12.2. The molecule has 0 unspecified atom stereocenters. The Labute approximate surface area is 125 Å². The highest BCUT2D eigenvalue weighted by Gasteiger charge is 2.33. The molecule has 0 radical (unpaired) electrons. The van der Waals surface area contributed by atoms with Crippen LogP contribution in [0.5, 0.6) is 0 Å². The molecule has 1 saturated heterocycles. The second-order valence-electron chi connectivity index (χ2n) is 5.00. The maximum absolute atomic E-state index is 12.3. The minimum atomic E-state index is -4.21. The molecule has 116 valence electrons. The number of halogens is 4. The van der Waals surface area contributed by atoms with Crippen molar-refractivity contribution in [3.63, 3.8) is 0 Å². The van der Waals surface area contributed by atoms with Crippen molar-refractivity contribution in [1.29, 1.82) is 0 Å². The summed E-state index contributed by atoms with van der Waals surface area (Å²) < 4.78 is 36.9. The van der Waals surface area contributed by atoms with Crippen LogP contribution in [0.15, 0.2) is 12.1 Å². The number of aromatic nitrogens is 1. The molecule has 0 atom stereocenters. The summed E-state index contributed by atoms with van der Waals surface area (Å²) in [6.45, 7) is 1.76. The number of aryl methyl sites for hydroxylation is 1. The van der Waals surface area contributed by atoms with E-state index in [2.05, 4.69) is 4.98 Å². The van der Waals surface area contributed by atoms with Gasteiger partial charge < -0.3 is 4.90 Å². The predicted octanol–water partition coefficient (Wildman–Crippen LogP) is 2.36. The Morgan fingerprint density at radius 3 is 2.43 bits per heavy atom. The highest BCUT2D eigenvalue weighted by Crippen LogP contribution is 2.18. The van der Waals surface area contributed by atoms with E-state index in [1.807, 2.05) is 0 Å². The van der Waals surface area contributed by atoms with Crippen molar-refractivity contribution >= 4 is 17.5 Å². The molecule has 0 saturated carbocycles. The summed E-state index contributed by atoms with van der Waals surface area (Å²) in [4.78, 5) is 19.1. The number of rotatable bonds is 2. The van der Waals surface area contributed by atoms with Crippen LogP contribution in [0.25, 0.3) is 0 Å². The summed E-state index contributed by atoms with van der Waals surface area (Å²) in [5.74, 6) is -0.228. The number of piperazine rings is 1. The van der Waals surface area contributed by atoms with Gasteiger partial charge in [-0.3, -0.25) is 9.69 Å². The van der Waals surface area contributed by atoms with E-state index in [0.29, 0.717) is 11.3 Å². The zero-order valence-electron chi connectivity index (χ0n) is 11.5. The Morgan fingerprint density at radius 1 is 1.29 bits per heavy atom. The molecule has 8 heteroatoms. The fraction of sp³-hybridized carbons (Fsp3) is 0.538. The van der Waals surface area contributed by atoms with Crippen LogP contribution in [0.4, 0.5) is 13.2 Å². The predicted molar refractivity (Wildman–Crippen MR) is 72.4 cm³/mol. The van der Waals surface area contributed by atoms with Gasteiger partial charge in [0.1, 0.15) is 5.15 Å². The second kappa shape index (κ2) is 6.19. The number of pyridine rings is 1. The number of alkyl halides is 3. The lowest BCUT2D eigenvalue weighted by Crippen LogP contribution is -2.50. The summed E-state index contributed by atoms with van der Waals surface area (Å²) >= 11 is 5.81. The Balaban J connectivity index is 1.97. The van der Waals surface area contributed by atoms with Crippen LogP contribution in [-0.2, 0) is 0 Å². The van der Waals surface area contributed by atoms with E-state index < -0.39 is 12.7 Å². The first-order valence-electron chi connectivity index (χ1n) is 6.47. The van der Waals surface area contributed by atoms with Crippen LogP contribution in [0.3, 0.4) is 0 Å². The molecule has 0 aliphatic carbocycles. The Morgan fingerprint density at radius 2 is 1.90 bits per heavy atom. The first kappa shape index (κ1) is 16.0. The molecule has 1 fully saturated rings. The van der Waals surface area contributed by atoms with Crippen molar-refractivity contribution in [2.75, 3.05) is 32.7 Å². The standard InChI is InChI=1S/C13H15ClF3N3O/c1-9-6-10(7-11(14)18-9)12(21)20-4-2-19(3-5-20)8-13(15,16)17/h6-7H,2-5,8H2,1H3. The van der Waals surface area contributed by atoms with Crippen LogP contribution in [0, 0.1) is 6.92 Å². The van der Waals surface area contributed by atoms with Gasteiger partial charge in [0, 0.05) is 37.4 Å².